The van der Waals surface area contributed by atoms with Crippen LogP contribution < -0.4 is 5.32 Å². The van der Waals surface area contributed by atoms with Crippen LogP contribution in [0.4, 0.5) is 4.39 Å². The molecule has 1 saturated heterocycles. The number of carbonyl (C=O) groups is 4. The number of halogens is 1. The molecule has 0 radical (unpaired) electrons. The van der Waals surface area contributed by atoms with Crippen LogP contribution in [-0.2, 0) is 30.5 Å². The first-order valence-corrected chi connectivity index (χ1v) is 9.13. The average molecular weight is 388 g/mol. The van der Waals surface area contributed by atoms with E-state index in [1.165, 1.54) is 6.07 Å². The molecule has 2 atom stereocenters. The molecule has 0 bridgehead atoms. The van der Waals surface area contributed by atoms with Crippen LogP contribution in [0.15, 0.2) is 36.4 Å². The summed E-state index contributed by atoms with van der Waals surface area (Å²) in [6, 6.07) is 6.02. The van der Waals surface area contributed by atoms with E-state index >= 15 is 0 Å². The molecule has 8 heteroatoms. The van der Waals surface area contributed by atoms with Crippen LogP contribution in [-0.4, -0.2) is 41.7 Å². The van der Waals surface area contributed by atoms with E-state index in [0.29, 0.717) is 18.4 Å². The lowest BCUT2D eigenvalue weighted by Gasteiger charge is -2.14. The number of imide groups is 1. The molecule has 3 amide bonds. The SMILES string of the molecule is O=C(COC(=O)CCN1C(=O)[C@@H]2CC=CC[C@H]2C1=O)NCc1ccccc1F. The molecule has 1 aliphatic heterocycles. The zero-order valence-electron chi connectivity index (χ0n) is 15.2. The first-order chi connectivity index (χ1) is 13.5. The van der Waals surface area contributed by atoms with Gasteiger partial charge in [-0.05, 0) is 18.9 Å². The normalized spacial score (nSPS) is 20.8. The maximum Gasteiger partial charge on any atom is 0.308 e. The lowest BCUT2D eigenvalue weighted by Crippen LogP contribution is -2.34. The Morgan fingerprint density at radius 3 is 2.39 bits per heavy atom. The lowest BCUT2D eigenvalue weighted by molar-refractivity contribution is -0.150. The van der Waals surface area contributed by atoms with Gasteiger partial charge in [-0.2, -0.15) is 0 Å². The molecule has 1 N–H and O–H groups in total. The highest BCUT2D eigenvalue weighted by Crippen LogP contribution is 2.34. The van der Waals surface area contributed by atoms with E-state index < -0.39 is 24.3 Å². The Morgan fingerprint density at radius 2 is 1.75 bits per heavy atom. The zero-order chi connectivity index (χ0) is 20.1. The van der Waals surface area contributed by atoms with E-state index in [0.717, 1.165) is 4.90 Å². The summed E-state index contributed by atoms with van der Waals surface area (Å²) in [5, 5.41) is 2.46. The molecular weight excluding hydrogens is 367 g/mol. The summed E-state index contributed by atoms with van der Waals surface area (Å²) < 4.78 is 18.3. The van der Waals surface area contributed by atoms with E-state index in [4.69, 9.17) is 4.74 Å². The van der Waals surface area contributed by atoms with Crippen molar-refractivity contribution in [2.45, 2.75) is 25.8 Å². The second-order valence-electron chi connectivity index (χ2n) is 6.76. The second-order valence-corrected chi connectivity index (χ2v) is 6.76. The fourth-order valence-corrected chi connectivity index (χ4v) is 3.40. The van der Waals surface area contributed by atoms with Gasteiger partial charge in [-0.15, -0.1) is 0 Å². The molecule has 1 aliphatic carbocycles. The van der Waals surface area contributed by atoms with E-state index in [1.54, 1.807) is 18.2 Å². The predicted molar refractivity (Wildman–Crippen MR) is 95.9 cm³/mol. The van der Waals surface area contributed by atoms with Crippen LogP contribution in [0.5, 0.6) is 0 Å². The maximum absolute atomic E-state index is 13.5. The van der Waals surface area contributed by atoms with Crippen molar-refractivity contribution in [3.8, 4) is 0 Å². The number of rotatable bonds is 7. The molecule has 148 valence electrons. The van der Waals surface area contributed by atoms with Gasteiger partial charge in [0.15, 0.2) is 6.61 Å². The van der Waals surface area contributed by atoms with Crippen molar-refractivity contribution in [2.24, 2.45) is 11.8 Å². The van der Waals surface area contributed by atoms with Crippen molar-refractivity contribution in [3.05, 3.63) is 47.8 Å². The minimum atomic E-state index is -0.686. The van der Waals surface area contributed by atoms with Gasteiger partial charge in [0, 0.05) is 18.7 Å². The number of hydrogen-bond acceptors (Lipinski definition) is 5. The molecule has 0 spiro atoms. The Hall–Kier alpha value is -3.03. The summed E-state index contributed by atoms with van der Waals surface area (Å²) >= 11 is 0. The fourth-order valence-electron chi connectivity index (χ4n) is 3.40. The minimum Gasteiger partial charge on any atom is -0.456 e. The summed E-state index contributed by atoms with van der Waals surface area (Å²) in [6.07, 6.45) is 4.69. The molecule has 1 heterocycles. The lowest BCUT2D eigenvalue weighted by atomic mass is 9.85. The number of amides is 3. The van der Waals surface area contributed by atoms with Crippen LogP contribution in [0.3, 0.4) is 0 Å². The Kier molecular flexibility index (Phi) is 6.18. The summed E-state index contributed by atoms with van der Waals surface area (Å²) in [5.74, 6) is -2.87. The smallest absolute Gasteiger partial charge is 0.308 e. The van der Waals surface area contributed by atoms with Gasteiger partial charge in [-0.3, -0.25) is 24.1 Å². The number of esters is 1. The van der Waals surface area contributed by atoms with E-state index in [9.17, 15) is 23.6 Å². The van der Waals surface area contributed by atoms with Crippen molar-refractivity contribution in [3.63, 3.8) is 0 Å². The van der Waals surface area contributed by atoms with Crippen molar-refractivity contribution in [1.29, 1.82) is 0 Å². The fraction of sp³-hybridized carbons (Fsp3) is 0.400. The van der Waals surface area contributed by atoms with Crippen molar-refractivity contribution >= 4 is 23.7 Å². The predicted octanol–water partition coefficient (Wildman–Crippen LogP) is 1.33. The number of carbonyl (C=O) groups excluding carboxylic acids is 4. The van der Waals surface area contributed by atoms with E-state index in [1.807, 2.05) is 12.2 Å². The van der Waals surface area contributed by atoms with Gasteiger partial charge >= 0.3 is 5.97 Å². The molecule has 28 heavy (non-hydrogen) atoms. The number of fused-ring (bicyclic) bond motifs is 1. The molecule has 0 unspecified atom stereocenters. The maximum atomic E-state index is 13.5. The number of allylic oxidation sites excluding steroid dienone is 2. The summed E-state index contributed by atoms with van der Waals surface area (Å²) in [7, 11) is 0. The van der Waals surface area contributed by atoms with Gasteiger partial charge in [0.2, 0.25) is 11.8 Å². The summed E-state index contributed by atoms with van der Waals surface area (Å²) in [4.78, 5) is 49.3. The molecule has 7 nitrogen and oxygen atoms in total. The van der Waals surface area contributed by atoms with Crippen molar-refractivity contribution in [2.75, 3.05) is 13.2 Å². The highest BCUT2D eigenvalue weighted by molar-refractivity contribution is 6.05. The molecular formula is C20H21FN2O5. The third-order valence-electron chi connectivity index (χ3n) is 4.94. The monoisotopic (exact) mass is 388 g/mol. The minimum absolute atomic E-state index is 0.0172. The third kappa shape index (κ3) is 4.44. The molecule has 1 fully saturated rings. The largest absolute Gasteiger partial charge is 0.456 e. The molecule has 3 rings (SSSR count). The van der Waals surface area contributed by atoms with Gasteiger partial charge < -0.3 is 10.1 Å². The van der Waals surface area contributed by atoms with Crippen molar-refractivity contribution in [1.82, 2.24) is 10.2 Å². The number of likely N-dealkylation sites (tertiary alicyclic amines) is 1. The Labute approximate surface area is 161 Å². The van der Waals surface area contributed by atoms with Crippen LogP contribution >= 0.6 is 0 Å². The van der Waals surface area contributed by atoms with Gasteiger partial charge in [0.1, 0.15) is 5.82 Å². The number of ether oxygens (including phenoxy) is 1. The van der Waals surface area contributed by atoms with Crippen LogP contribution in [0.1, 0.15) is 24.8 Å². The molecule has 1 aromatic rings. The topological polar surface area (TPSA) is 92.8 Å². The molecule has 1 aromatic carbocycles. The molecule has 0 aromatic heterocycles. The summed E-state index contributed by atoms with van der Waals surface area (Å²) in [5.41, 5.74) is 0.323. The van der Waals surface area contributed by atoms with Crippen LogP contribution in [0, 0.1) is 17.7 Å². The molecule has 2 aliphatic rings. The van der Waals surface area contributed by atoms with Crippen LogP contribution in [0.25, 0.3) is 0 Å². The van der Waals surface area contributed by atoms with Gasteiger partial charge in [0.25, 0.3) is 5.91 Å². The standard InChI is InChI=1S/C20H21FN2O5/c21-16-8-4-1-5-13(16)11-22-17(24)12-28-18(25)9-10-23-19(26)14-6-2-3-7-15(14)20(23)27/h1-5,8,14-15H,6-7,9-12H2,(H,22,24)/t14-,15-/m1/s1. The van der Waals surface area contributed by atoms with E-state index in [2.05, 4.69) is 5.32 Å². The number of nitrogens with zero attached hydrogens (tertiary/aromatic N) is 1. The quantitative estimate of drug-likeness (QED) is 0.432. The van der Waals surface area contributed by atoms with Gasteiger partial charge in [0.05, 0.1) is 18.3 Å². The van der Waals surface area contributed by atoms with Gasteiger partial charge in [-0.1, -0.05) is 30.4 Å². The second kappa shape index (κ2) is 8.77. The van der Waals surface area contributed by atoms with Gasteiger partial charge in [-0.25, -0.2) is 4.39 Å². The first-order valence-electron chi connectivity index (χ1n) is 9.13. The molecule has 0 saturated carbocycles. The van der Waals surface area contributed by atoms with Crippen molar-refractivity contribution < 1.29 is 28.3 Å². The zero-order valence-corrected chi connectivity index (χ0v) is 15.2. The number of benzene rings is 1. The highest BCUT2D eigenvalue weighted by atomic mass is 19.1. The Balaban J connectivity index is 1.39. The third-order valence-corrected chi connectivity index (χ3v) is 4.94. The average Bonchev–Trinajstić information content (AvgIpc) is 2.94. The van der Waals surface area contributed by atoms with Crippen LogP contribution in [0.2, 0.25) is 0 Å². The number of nitrogens with one attached hydrogen (secondary N) is 1. The number of hydrogen-bond donors (Lipinski definition) is 1. The van der Waals surface area contributed by atoms with E-state index in [-0.39, 0.29) is 43.2 Å². The summed E-state index contributed by atoms with van der Waals surface area (Å²) in [6.45, 7) is -0.582. The Bertz CT molecular complexity index is 797. The highest BCUT2D eigenvalue weighted by Gasteiger charge is 2.46. The first kappa shape index (κ1) is 19.7. The Morgan fingerprint density at radius 1 is 1.11 bits per heavy atom.